The number of nitrogens with zero attached hydrogens (tertiary/aromatic N) is 1. The topological polar surface area (TPSA) is 108 Å². The molecule has 1 aliphatic carbocycles. The molecule has 0 saturated carbocycles. The molecule has 0 radical (unpaired) electrons. The fourth-order valence-corrected chi connectivity index (χ4v) is 6.00. The van der Waals surface area contributed by atoms with Gasteiger partial charge in [-0.2, -0.15) is 0 Å². The van der Waals surface area contributed by atoms with Crippen LogP contribution in [0.5, 0.6) is 0 Å². The van der Waals surface area contributed by atoms with E-state index in [1.807, 2.05) is 85.5 Å². The number of aliphatic carboxylic acids is 1. The molecule has 8 nitrogen and oxygen atoms in total. The maximum Gasteiger partial charge on any atom is 0.407 e. The van der Waals surface area contributed by atoms with Crippen LogP contribution in [0.1, 0.15) is 49.3 Å². The molecule has 2 amide bonds. The van der Waals surface area contributed by atoms with Crippen LogP contribution in [0.4, 0.5) is 4.79 Å². The number of amides is 2. The Labute approximate surface area is 240 Å². The third kappa shape index (κ3) is 6.28. The van der Waals surface area contributed by atoms with E-state index in [9.17, 15) is 19.5 Å². The number of nitrogens with one attached hydrogen (secondary N) is 2. The first-order valence-electron chi connectivity index (χ1n) is 14.2. The highest BCUT2D eigenvalue weighted by molar-refractivity contribution is 5.91. The van der Waals surface area contributed by atoms with Gasteiger partial charge in [0, 0.05) is 25.6 Å². The van der Waals surface area contributed by atoms with Crippen LogP contribution in [0.3, 0.4) is 0 Å². The van der Waals surface area contributed by atoms with E-state index >= 15 is 0 Å². The molecule has 0 bridgehead atoms. The Hall–Kier alpha value is -4.17. The van der Waals surface area contributed by atoms with Crippen LogP contribution in [0.2, 0.25) is 0 Å². The van der Waals surface area contributed by atoms with Crippen molar-refractivity contribution in [1.29, 1.82) is 0 Å². The van der Waals surface area contributed by atoms with Gasteiger partial charge in [0.15, 0.2) is 5.54 Å². The van der Waals surface area contributed by atoms with Crippen molar-refractivity contribution in [2.45, 2.75) is 50.7 Å². The summed E-state index contributed by atoms with van der Waals surface area (Å²) in [5, 5.41) is 15.7. The molecule has 1 unspecified atom stereocenters. The number of rotatable bonds is 10. The molecular weight excluding hydrogens is 518 g/mol. The van der Waals surface area contributed by atoms with E-state index in [0.717, 1.165) is 27.8 Å². The van der Waals surface area contributed by atoms with Gasteiger partial charge < -0.3 is 20.5 Å². The van der Waals surface area contributed by atoms with Crippen LogP contribution >= 0.6 is 0 Å². The van der Waals surface area contributed by atoms with Crippen LogP contribution in [0, 0.1) is 5.92 Å². The van der Waals surface area contributed by atoms with Crippen molar-refractivity contribution in [2.24, 2.45) is 5.92 Å². The summed E-state index contributed by atoms with van der Waals surface area (Å²) in [5.74, 6) is -1.62. The summed E-state index contributed by atoms with van der Waals surface area (Å²) >= 11 is 0. The molecule has 0 spiro atoms. The highest BCUT2D eigenvalue weighted by atomic mass is 16.5. The van der Waals surface area contributed by atoms with Gasteiger partial charge in [0.2, 0.25) is 5.91 Å². The van der Waals surface area contributed by atoms with Crippen LogP contribution in [-0.4, -0.2) is 59.3 Å². The molecule has 3 aromatic rings. The van der Waals surface area contributed by atoms with Crippen LogP contribution < -0.4 is 10.6 Å². The van der Waals surface area contributed by atoms with Gasteiger partial charge in [-0.1, -0.05) is 92.7 Å². The fraction of sp³-hybridized carbons (Fsp3) is 0.364. The second-order valence-electron chi connectivity index (χ2n) is 11.5. The van der Waals surface area contributed by atoms with Crippen LogP contribution in [-0.2, 0) is 20.9 Å². The average Bonchev–Trinajstić information content (AvgIpc) is 3.51. The summed E-state index contributed by atoms with van der Waals surface area (Å²) in [6.45, 7) is 5.34. The molecule has 8 heteroatoms. The number of hydrogen-bond acceptors (Lipinski definition) is 5. The van der Waals surface area contributed by atoms with Crippen LogP contribution in [0.15, 0.2) is 78.9 Å². The van der Waals surface area contributed by atoms with E-state index in [-0.39, 0.29) is 31.4 Å². The van der Waals surface area contributed by atoms with Gasteiger partial charge in [-0.3, -0.25) is 9.69 Å². The minimum atomic E-state index is -1.43. The molecule has 3 aromatic carbocycles. The maximum atomic E-state index is 13.5. The van der Waals surface area contributed by atoms with Crippen molar-refractivity contribution < 1.29 is 24.2 Å². The van der Waals surface area contributed by atoms with Gasteiger partial charge in [-0.15, -0.1) is 0 Å². The quantitative estimate of drug-likeness (QED) is 0.332. The number of carbonyl (C=O) groups excluding carboxylic acids is 2. The number of carboxylic acids is 1. The lowest BCUT2D eigenvalue weighted by molar-refractivity contribution is -0.147. The van der Waals surface area contributed by atoms with Crippen molar-refractivity contribution in [3.05, 3.63) is 95.6 Å². The van der Waals surface area contributed by atoms with Gasteiger partial charge in [-0.05, 0) is 46.6 Å². The molecular formula is C33H37N3O5. The van der Waals surface area contributed by atoms with Gasteiger partial charge in [0.25, 0.3) is 0 Å². The first-order valence-corrected chi connectivity index (χ1v) is 14.2. The van der Waals surface area contributed by atoms with E-state index in [0.29, 0.717) is 19.5 Å². The number of alkyl carbamates (subject to hydrolysis) is 1. The number of benzene rings is 3. The molecule has 3 N–H and O–H groups in total. The van der Waals surface area contributed by atoms with E-state index in [1.165, 1.54) is 0 Å². The highest BCUT2D eigenvalue weighted by Gasteiger charge is 2.47. The monoisotopic (exact) mass is 555 g/mol. The zero-order valence-corrected chi connectivity index (χ0v) is 23.5. The number of hydrogen-bond donors (Lipinski definition) is 3. The Balaban J connectivity index is 1.23. The van der Waals surface area contributed by atoms with Crippen molar-refractivity contribution >= 4 is 18.0 Å². The fourth-order valence-electron chi connectivity index (χ4n) is 6.00. The van der Waals surface area contributed by atoms with E-state index in [4.69, 9.17) is 4.74 Å². The molecule has 1 fully saturated rings. The molecule has 41 heavy (non-hydrogen) atoms. The lowest BCUT2D eigenvalue weighted by Crippen LogP contribution is -2.60. The first kappa shape index (κ1) is 28.4. The van der Waals surface area contributed by atoms with Crippen molar-refractivity contribution in [2.75, 3.05) is 19.7 Å². The third-order valence-corrected chi connectivity index (χ3v) is 8.03. The molecule has 214 valence electrons. The predicted octanol–water partition coefficient (Wildman–Crippen LogP) is 4.79. The zero-order valence-electron chi connectivity index (χ0n) is 23.5. The van der Waals surface area contributed by atoms with Gasteiger partial charge >= 0.3 is 12.1 Å². The number of likely N-dealkylation sites (tertiary alicyclic amines) is 1. The maximum absolute atomic E-state index is 13.5. The molecule has 2 aliphatic rings. The average molecular weight is 556 g/mol. The first-order chi connectivity index (χ1) is 19.8. The smallest absolute Gasteiger partial charge is 0.407 e. The van der Waals surface area contributed by atoms with Gasteiger partial charge in [0.05, 0.1) is 0 Å². The molecule has 0 aromatic heterocycles. The number of carboxylic acid groups (broad SMARTS) is 1. The Bertz CT molecular complexity index is 1360. The summed E-state index contributed by atoms with van der Waals surface area (Å²) < 4.78 is 5.67. The molecule has 5 rings (SSSR count). The summed E-state index contributed by atoms with van der Waals surface area (Å²) in [6, 6.07) is 25.1. The SMILES string of the molecule is CC(C)C[C@@H](NC(=O)OCC1c2ccccc2-c2ccccc21)C(=O)NC1(C(=O)O)CCN(Cc2ccccc2)C1. The minimum absolute atomic E-state index is 0.0820. The Morgan fingerprint density at radius 2 is 1.56 bits per heavy atom. The van der Waals surface area contributed by atoms with Crippen LogP contribution in [0.25, 0.3) is 11.1 Å². The standard InChI is InChI=1S/C33H37N3O5/c1-22(2)18-29(30(37)35-33(31(38)39)16-17-36(21-33)19-23-10-4-3-5-11-23)34-32(40)41-20-28-26-14-8-6-12-24(26)25-13-7-9-15-27(25)28/h3-15,22,28-29H,16-21H2,1-2H3,(H,34,40)(H,35,37)(H,38,39)/t29-,33?/m1/s1. The Morgan fingerprint density at radius 3 is 2.17 bits per heavy atom. The second kappa shape index (κ2) is 12.1. The van der Waals surface area contributed by atoms with Gasteiger partial charge in [-0.25, -0.2) is 9.59 Å². The second-order valence-corrected chi connectivity index (χ2v) is 11.5. The predicted molar refractivity (Wildman–Crippen MR) is 156 cm³/mol. The van der Waals surface area contributed by atoms with E-state index in [1.54, 1.807) is 0 Å². The number of fused-ring (bicyclic) bond motifs is 3. The third-order valence-electron chi connectivity index (χ3n) is 8.03. The zero-order chi connectivity index (χ0) is 29.0. The lowest BCUT2D eigenvalue weighted by Gasteiger charge is -2.29. The molecule has 1 heterocycles. The highest BCUT2D eigenvalue weighted by Crippen LogP contribution is 2.44. The van der Waals surface area contributed by atoms with Crippen molar-refractivity contribution in [3.8, 4) is 11.1 Å². The number of carbonyl (C=O) groups is 3. The van der Waals surface area contributed by atoms with E-state index in [2.05, 4.69) is 22.8 Å². The van der Waals surface area contributed by atoms with Gasteiger partial charge in [0.1, 0.15) is 12.6 Å². The summed E-state index contributed by atoms with van der Waals surface area (Å²) in [6.07, 6.45) is -0.0751. The lowest BCUT2D eigenvalue weighted by atomic mass is 9.96. The largest absolute Gasteiger partial charge is 0.479 e. The normalized spacial score (nSPS) is 18.9. The number of ether oxygens (including phenoxy) is 1. The molecule has 2 atom stereocenters. The summed E-state index contributed by atoms with van der Waals surface area (Å²) in [7, 11) is 0. The van der Waals surface area contributed by atoms with Crippen molar-refractivity contribution in [1.82, 2.24) is 15.5 Å². The summed E-state index contributed by atoms with van der Waals surface area (Å²) in [4.78, 5) is 40.9. The van der Waals surface area contributed by atoms with Crippen molar-refractivity contribution in [3.63, 3.8) is 0 Å². The molecule has 1 saturated heterocycles. The Morgan fingerprint density at radius 1 is 0.951 bits per heavy atom. The Kier molecular flexibility index (Phi) is 8.40. The summed E-state index contributed by atoms with van der Waals surface area (Å²) in [5.41, 5.74) is 4.11. The van der Waals surface area contributed by atoms with E-state index < -0.39 is 29.6 Å². The minimum Gasteiger partial charge on any atom is -0.479 e. The molecule has 1 aliphatic heterocycles.